The zero-order chi connectivity index (χ0) is 20.9. The van der Waals surface area contributed by atoms with Crippen molar-refractivity contribution in [1.29, 1.82) is 0 Å². The van der Waals surface area contributed by atoms with E-state index in [4.69, 9.17) is 4.74 Å². The normalized spacial score (nSPS) is 16.8. The number of likely N-dealkylation sites (tertiary alicyclic amines) is 1. The van der Waals surface area contributed by atoms with Crippen molar-refractivity contribution in [2.75, 3.05) is 19.6 Å². The standard InChI is InChI=1S/C20H27F3N2O3/c1-13(2)16-6-4-5-7-17(16)28-14(3)18(26)24-12-15-8-10-25(11-9-15)19(27)20(21,22)23/h4-7,13-15H,8-12H2,1-3H3,(H,24,26). The lowest BCUT2D eigenvalue weighted by Gasteiger charge is -2.32. The Morgan fingerprint density at radius 2 is 1.79 bits per heavy atom. The van der Waals surface area contributed by atoms with Gasteiger partial charge in [0.25, 0.3) is 5.91 Å². The summed E-state index contributed by atoms with van der Waals surface area (Å²) in [6.45, 7) is 6.20. The molecule has 2 rings (SSSR count). The highest BCUT2D eigenvalue weighted by molar-refractivity contribution is 5.82. The zero-order valence-electron chi connectivity index (χ0n) is 16.4. The average Bonchev–Trinajstić information content (AvgIpc) is 2.65. The third-order valence-electron chi connectivity index (χ3n) is 4.92. The van der Waals surface area contributed by atoms with E-state index in [1.54, 1.807) is 6.92 Å². The summed E-state index contributed by atoms with van der Waals surface area (Å²) in [6, 6.07) is 7.55. The van der Waals surface area contributed by atoms with Crippen LogP contribution in [0.4, 0.5) is 13.2 Å². The van der Waals surface area contributed by atoms with E-state index in [9.17, 15) is 22.8 Å². The summed E-state index contributed by atoms with van der Waals surface area (Å²) < 4.78 is 43.2. The smallest absolute Gasteiger partial charge is 0.471 e. The Morgan fingerprint density at radius 1 is 1.18 bits per heavy atom. The Bertz CT molecular complexity index is 684. The van der Waals surface area contributed by atoms with E-state index in [0.717, 1.165) is 10.5 Å². The Kier molecular flexibility index (Phi) is 7.32. The van der Waals surface area contributed by atoms with Gasteiger partial charge in [-0.3, -0.25) is 9.59 Å². The van der Waals surface area contributed by atoms with Gasteiger partial charge in [-0.2, -0.15) is 13.2 Å². The number of piperidine rings is 1. The monoisotopic (exact) mass is 400 g/mol. The molecule has 1 atom stereocenters. The maximum Gasteiger partial charge on any atom is 0.471 e. The predicted molar refractivity (Wildman–Crippen MR) is 99.0 cm³/mol. The molecular weight excluding hydrogens is 373 g/mol. The van der Waals surface area contributed by atoms with Crippen molar-refractivity contribution in [3.05, 3.63) is 29.8 Å². The minimum Gasteiger partial charge on any atom is -0.481 e. The van der Waals surface area contributed by atoms with E-state index < -0.39 is 18.2 Å². The second kappa shape index (κ2) is 9.30. The molecule has 0 saturated carbocycles. The number of hydrogen-bond donors (Lipinski definition) is 1. The third kappa shape index (κ3) is 5.87. The van der Waals surface area contributed by atoms with Crippen LogP contribution in [0.5, 0.6) is 5.75 Å². The molecule has 1 fully saturated rings. The summed E-state index contributed by atoms with van der Waals surface area (Å²) >= 11 is 0. The molecule has 0 aromatic heterocycles. The number of halogens is 3. The predicted octanol–water partition coefficient (Wildman–Crippen LogP) is 3.49. The molecule has 1 aliphatic rings. The Morgan fingerprint density at radius 3 is 2.36 bits per heavy atom. The third-order valence-corrected chi connectivity index (χ3v) is 4.92. The number of amides is 2. The van der Waals surface area contributed by atoms with E-state index in [0.29, 0.717) is 25.1 Å². The highest BCUT2D eigenvalue weighted by Gasteiger charge is 2.43. The highest BCUT2D eigenvalue weighted by atomic mass is 19.4. The largest absolute Gasteiger partial charge is 0.481 e. The van der Waals surface area contributed by atoms with Crippen molar-refractivity contribution < 1.29 is 27.5 Å². The molecular formula is C20H27F3N2O3. The van der Waals surface area contributed by atoms with Gasteiger partial charge < -0.3 is 15.0 Å². The zero-order valence-corrected chi connectivity index (χ0v) is 16.4. The van der Waals surface area contributed by atoms with E-state index in [1.807, 2.05) is 38.1 Å². The molecule has 28 heavy (non-hydrogen) atoms. The van der Waals surface area contributed by atoms with Gasteiger partial charge in [0.05, 0.1) is 0 Å². The molecule has 1 N–H and O–H groups in total. The quantitative estimate of drug-likeness (QED) is 0.795. The van der Waals surface area contributed by atoms with Crippen LogP contribution in [0.15, 0.2) is 24.3 Å². The molecule has 1 aromatic carbocycles. The van der Waals surface area contributed by atoms with Gasteiger partial charge >= 0.3 is 12.1 Å². The summed E-state index contributed by atoms with van der Waals surface area (Å²) in [5.41, 5.74) is 1.02. The van der Waals surface area contributed by atoms with E-state index in [-0.39, 0.29) is 30.8 Å². The van der Waals surface area contributed by atoms with Crippen molar-refractivity contribution in [2.24, 2.45) is 5.92 Å². The first kappa shape index (κ1) is 22.0. The number of benzene rings is 1. The van der Waals surface area contributed by atoms with Crippen LogP contribution in [0.3, 0.4) is 0 Å². The fourth-order valence-corrected chi connectivity index (χ4v) is 3.22. The maximum atomic E-state index is 12.5. The van der Waals surface area contributed by atoms with Crippen LogP contribution < -0.4 is 10.1 Å². The van der Waals surface area contributed by atoms with E-state index >= 15 is 0 Å². The van der Waals surface area contributed by atoms with Crippen LogP contribution >= 0.6 is 0 Å². The van der Waals surface area contributed by atoms with Crippen molar-refractivity contribution in [1.82, 2.24) is 10.2 Å². The van der Waals surface area contributed by atoms with Crippen LogP contribution in [0.25, 0.3) is 0 Å². The second-order valence-electron chi connectivity index (χ2n) is 7.43. The van der Waals surface area contributed by atoms with Crippen LogP contribution in [0.2, 0.25) is 0 Å². The molecule has 2 amide bonds. The van der Waals surface area contributed by atoms with Crippen LogP contribution in [0, 0.1) is 5.92 Å². The SMILES string of the molecule is CC(Oc1ccccc1C(C)C)C(=O)NCC1CCN(C(=O)C(F)(F)F)CC1. The van der Waals surface area contributed by atoms with Crippen LogP contribution in [-0.2, 0) is 9.59 Å². The Labute approximate surface area is 163 Å². The van der Waals surface area contributed by atoms with Gasteiger partial charge in [0.2, 0.25) is 0 Å². The van der Waals surface area contributed by atoms with Crippen molar-refractivity contribution in [2.45, 2.75) is 51.8 Å². The highest BCUT2D eigenvalue weighted by Crippen LogP contribution is 2.27. The van der Waals surface area contributed by atoms with E-state index in [1.165, 1.54) is 0 Å². The first-order valence-corrected chi connectivity index (χ1v) is 9.49. The van der Waals surface area contributed by atoms with Crippen LogP contribution in [0.1, 0.15) is 45.1 Å². The van der Waals surface area contributed by atoms with Crippen molar-refractivity contribution >= 4 is 11.8 Å². The molecule has 1 saturated heterocycles. The fourth-order valence-electron chi connectivity index (χ4n) is 3.22. The van der Waals surface area contributed by atoms with Gasteiger partial charge in [0, 0.05) is 19.6 Å². The lowest BCUT2D eigenvalue weighted by Crippen LogP contribution is -2.47. The number of ether oxygens (including phenoxy) is 1. The molecule has 0 radical (unpaired) electrons. The number of para-hydroxylation sites is 1. The number of nitrogens with zero attached hydrogens (tertiary/aromatic N) is 1. The number of rotatable bonds is 6. The molecule has 5 nitrogen and oxygen atoms in total. The van der Waals surface area contributed by atoms with Gasteiger partial charge in [-0.15, -0.1) is 0 Å². The van der Waals surface area contributed by atoms with Gasteiger partial charge in [-0.05, 0) is 43.2 Å². The fraction of sp³-hybridized carbons (Fsp3) is 0.600. The lowest BCUT2D eigenvalue weighted by atomic mass is 9.96. The molecule has 0 bridgehead atoms. The van der Waals surface area contributed by atoms with Gasteiger partial charge in [0.15, 0.2) is 6.10 Å². The number of hydrogen-bond acceptors (Lipinski definition) is 3. The molecule has 1 aliphatic heterocycles. The molecule has 0 aliphatic carbocycles. The molecule has 1 heterocycles. The molecule has 0 spiro atoms. The summed E-state index contributed by atoms with van der Waals surface area (Å²) in [6.07, 6.45) is -4.67. The van der Waals surface area contributed by atoms with Gasteiger partial charge in [-0.1, -0.05) is 32.0 Å². The van der Waals surface area contributed by atoms with Crippen LogP contribution in [-0.4, -0.2) is 48.6 Å². The number of alkyl halides is 3. The van der Waals surface area contributed by atoms with Gasteiger partial charge in [0.1, 0.15) is 5.75 Å². The molecule has 156 valence electrons. The summed E-state index contributed by atoms with van der Waals surface area (Å²) in [5, 5.41) is 2.81. The summed E-state index contributed by atoms with van der Waals surface area (Å²) in [7, 11) is 0. The summed E-state index contributed by atoms with van der Waals surface area (Å²) in [5.74, 6) is -1.10. The van der Waals surface area contributed by atoms with Crippen molar-refractivity contribution in [3.8, 4) is 5.75 Å². The average molecular weight is 400 g/mol. The summed E-state index contributed by atoms with van der Waals surface area (Å²) in [4.78, 5) is 24.4. The second-order valence-corrected chi connectivity index (χ2v) is 7.43. The molecule has 1 unspecified atom stereocenters. The minimum atomic E-state index is -4.83. The number of nitrogens with one attached hydrogen (secondary N) is 1. The maximum absolute atomic E-state index is 12.5. The van der Waals surface area contributed by atoms with Gasteiger partial charge in [-0.25, -0.2) is 0 Å². The Hall–Kier alpha value is -2.25. The topological polar surface area (TPSA) is 58.6 Å². The van der Waals surface area contributed by atoms with E-state index in [2.05, 4.69) is 5.32 Å². The first-order chi connectivity index (χ1) is 13.1. The van der Waals surface area contributed by atoms with Crippen molar-refractivity contribution in [3.63, 3.8) is 0 Å². The number of carbonyl (C=O) groups excluding carboxylic acids is 2. The first-order valence-electron chi connectivity index (χ1n) is 9.49. The molecule has 1 aromatic rings. The number of carbonyl (C=O) groups is 2. The lowest BCUT2D eigenvalue weighted by molar-refractivity contribution is -0.186. The molecule has 8 heteroatoms. The minimum absolute atomic E-state index is 0.0383. The Balaban J connectivity index is 1.79.